The van der Waals surface area contributed by atoms with Crippen LogP contribution < -0.4 is 4.74 Å². The fourth-order valence-corrected chi connectivity index (χ4v) is 3.07. The van der Waals surface area contributed by atoms with Gasteiger partial charge in [0.2, 0.25) is 0 Å². The van der Waals surface area contributed by atoms with E-state index in [0.717, 1.165) is 0 Å². The third-order valence-corrected chi connectivity index (χ3v) is 4.25. The van der Waals surface area contributed by atoms with E-state index in [1.165, 1.54) is 18.2 Å². The first-order chi connectivity index (χ1) is 9.48. The van der Waals surface area contributed by atoms with Gasteiger partial charge in [0, 0.05) is 0 Å². The van der Waals surface area contributed by atoms with Gasteiger partial charge in [-0.25, -0.2) is 0 Å². The summed E-state index contributed by atoms with van der Waals surface area (Å²) in [5.41, 5.74) is -0.148. The highest BCUT2D eigenvalue weighted by atomic mass is 79.9. The fraction of sp³-hybridized carbons (Fsp3) is 0.500. The maximum atomic E-state index is 12.7. The van der Waals surface area contributed by atoms with E-state index in [9.17, 15) is 26.3 Å². The van der Waals surface area contributed by atoms with Crippen molar-refractivity contribution in [1.29, 1.82) is 0 Å². The molecule has 0 N–H and O–H groups in total. The van der Waals surface area contributed by atoms with Gasteiger partial charge in [-0.3, -0.25) is 0 Å². The molecule has 0 fully saturated rings. The summed E-state index contributed by atoms with van der Waals surface area (Å²) in [6, 6.07) is 3.66. The Hall–Kier alpha value is -0.440. The quantitative estimate of drug-likeness (QED) is 0.408. The summed E-state index contributed by atoms with van der Waals surface area (Å²) in [6.07, 6.45) is -10.8. The minimum Gasteiger partial charge on any atom is -0.493 e. The Morgan fingerprint density at radius 3 is 2.00 bits per heavy atom. The van der Waals surface area contributed by atoms with Crippen molar-refractivity contribution in [3.8, 4) is 5.75 Å². The molecule has 0 saturated carbocycles. The van der Waals surface area contributed by atoms with Gasteiger partial charge in [0.05, 0.1) is 15.9 Å². The third kappa shape index (κ3) is 4.77. The van der Waals surface area contributed by atoms with Gasteiger partial charge in [0.15, 0.2) is 5.92 Å². The molecule has 1 aromatic rings. The first-order valence-corrected chi connectivity index (χ1v) is 7.39. The average molecular weight is 444 g/mol. The zero-order chi connectivity index (χ0) is 16.4. The van der Waals surface area contributed by atoms with Crippen molar-refractivity contribution >= 4 is 31.9 Å². The van der Waals surface area contributed by atoms with Crippen molar-refractivity contribution < 1.29 is 31.1 Å². The van der Waals surface area contributed by atoms with Gasteiger partial charge in [0.25, 0.3) is 0 Å². The molecular weight excluding hydrogens is 434 g/mol. The van der Waals surface area contributed by atoms with Crippen LogP contribution in [0.2, 0.25) is 0 Å². The molecule has 9 heteroatoms. The van der Waals surface area contributed by atoms with E-state index in [2.05, 4.69) is 31.9 Å². The van der Waals surface area contributed by atoms with Gasteiger partial charge in [-0.1, -0.05) is 22.0 Å². The molecule has 0 aliphatic heterocycles. The molecule has 0 aliphatic rings. The normalized spacial score (nSPS) is 14.4. The van der Waals surface area contributed by atoms with E-state index < -0.39 is 23.1 Å². The fourth-order valence-electron chi connectivity index (χ4n) is 1.67. The van der Waals surface area contributed by atoms with Gasteiger partial charge >= 0.3 is 12.4 Å². The number of benzene rings is 1. The van der Waals surface area contributed by atoms with Crippen LogP contribution in [-0.2, 0) is 0 Å². The lowest BCUT2D eigenvalue weighted by Gasteiger charge is -2.27. The molecule has 0 heterocycles. The Morgan fingerprint density at radius 2 is 1.62 bits per heavy atom. The molecule has 1 atom stereocenters. The van der Waals surface area contributed by atoms with Crippen molar-refractivity contribution in [3.63, 3.8) is 0 Å². The summed E-state index contributed by atoms with van der Waals surface area (Å²) < 4.78 is 81.4. The molecule has 1 rings (SSSR count). The Bertz CT molecular complexity index is 472. The molecule has 21 heavy (non-hydrogen) atoms. The summed E-state index contributed by atoms with van der Waals surface area (Å²) in [7, 11) is 0. The first-order valence-electron chi connectivity index (χ1n) is 5.68. The highest BCUT2D eigenvalue weighted by Gasteiger charge is 2.60. The van der Waals surface area contributed by atoms with E-state index in [1.807, 2.05) is 0 Å². The molecule has 0 amide bonds. The third-order valence-electron chi connectivity index (χ3n) is 2.57. The SMILES string of the molecule is CCOc1ccc(C(Br)C(C(F)(F)F)C(F)(F)F)cc1Br. The van der Waals surface area contributed by atoms with E-state index in [-0.39, 0.29) is 10.0 Å². The summed E-state index contributed by atoms with van der Waals surface area (Å²) in [5.74, 6) is -3.15. The topological polar surface area (TPSA) is 9.23 Å². The van der Waals surface area contributed by atoms with Crippen molar-refractivity contribution in [2.45, 2.75) is 24.1 Å². The van der Waals surface area contributed by atoms with Crippen molar-refractivity contribution in [2.24, 2.45) is 5.92 Å². The molecule has 0 bridgehead atoms. The second-order valence-corrected chi connectivity index (χ2v) is 5.93. The zero-order valence-corrected chi connectivity index (χ0v) is 13.7. The highest BCUT2D eigenvalue weighted by Crippen LogP contribution is 2.50. The largest absolute Gasteiger partial charge is 0.493 e. The van der Waals surface area contributed by atoms with E-state index >= 15 is 0 Å². The van der Waals surface area contributed by atoms with Crippen LogP contribution in [0.15, 0.2) is 22.7 Å². The molecular formula is C12H10Br2F6O. The highest BCUT2D eigenvalue weighted by molar-refractivity contribution is 9.10. The standard InChI is InChI=1S/C12H10Br2F6O/c1-2-21-8-4-3-6(5-7(8)13)9(14)10(11(15,16)17)12(18,19)20/h3-5,9-10H,2H2,1H3. The van der Waals surface area contributed by atoms with Crippen molar-refractivity contribution in [1.82, 2.24) is 0 Å². The van der Waals surface area contributed by atoms with Gasteiger partial charge in [-0.2, -0.15) is 26.3 Å². The van der Waals surface area contributed by atoms with Gasteiger partial charge < -0.3 is 4.74 Å². The maximum absolute atomic E-state index is 12.7. The molecule has 0 radical (unpaired) electrons. The molecule has 0 aliphatic carbocycles. The first kappa shape index (κ1) is 18.6. The molecule has 0 spiro atoms. The second kappa shape index (κ2) is 6.76. The zero-order valence-electron chi connectivity index (χ0n) is 10.5. The molecule has 1 nitrogen and oxygen atoms in total. The van der Waals surface area contributed by atoms with Crippen LogP contribution in [0.5, 0.6) is 5.75 Å². The number of alkyl halides is 7. The van der Waals surface area contributed by atoms with Gasteiger partial charge in [0.1, 0.15) is 5.75 Å². The number of hydrogen-bond acceptors (Lipinski definition) is 1. The van der Waals surface area contributed by atoms with Gasteiger partial charge in [-0.15, -0.1) is 0 Å². The lowest BCUT2D eigenvalue weighted by atomic mass is 9.98. The Kier molecular flexibility index (Phi) is 5.99. The van der Waals surface area contributed by atoms with Gasteiger partial charge in [-0.05, 0) is 40.5 Å². The van der Waals surface area contributed by atoms with E-state index in [1.54, 1.807) is 6.92 Å². The number of ether oxygens (including phenoxy) is 1. The predicted octanol–water partition coefficient (Wildman–Crippen LogP) is 6.02. The van der Waals surface area contributed by atoms with Crippen molar-refractivity contribution in [3.05, 3.63) is 28.2 Å². The van der Waals surface area contributed by atoms with Crippen molar-refractivity contribution in [2.75, 3.05) is 6.61 Å². The Labute approximate surface area is 133 Å². The molecule has 1 aromatic carbocycles. The van der Waals surface area contributed by atoms with Crippen LogP contribution in [-0.4, -0.2) is 19.0 Å². The monoisotopic (exact) mass is 442 g/mol. The summed E-state index contributed by atoms with van der Waals surface area (Å²) in [6.45, 7) is 2.03. The average Bonchev–Trinajstić information content (AvgIpc) is 2.28. The Morgan fingerprint density at radius 1 is 1.10 bits per heavy atom. The van der Waals surface area contributed by atoms with Crippen LogP contribution in [0.4, 0.5) is 26.3 Å². The summed E-state index contributed by atoms with van der Waals surface area (Å²) >= 11 is 5.58. The number of halogens is 8. The van der Waals surface area contributed by atoms with Crippen LogP contribution in [0, 0.1) is 5.92 Å². The van der Waals surface area contributed by atoms with Crippen LogP contribution in [0.25, 0.3) is 0 Å². The minimum absolute atomic E-state index is 0.148. The minimum atomic E-state index is -5.41. The summed E-state index contributed by atoms with van der Waals surface area (Å²) in [5, 5.41) is 0. The maximum Gasteiger partial charge on any atom is 0.401 e. The van der Waals surface area contributed by atoms with Crippen LogP contribution in [0.1, 0.15) is 17.3 Å². The summed E-state index contributed by atoms with van der Waals surface area (Å²) in [4.78, 5) is -1.94. The van der Waals surface area contributed by atoms with E-state index in [0.29, 0.717) is 12.4 Å². The smallest absolute Gasteiger partial charge is 0.401 e. The molecule has 1 unspecified atom stereocenters. The predicted molar refractivity (Wildman–Crippen MR) is 72.6 cm³/mol. The second-order valence-electron chi connectivity index (χ2n) is 4.09. The molecule has 0 saturated heterocycles. The van der Waals surface area contributed by atoms with Crippen LogP contribution in [0.3, 0.4) is 0 Å². The lowest BCUT2D eigenvalue weighted by Crippen LogP contribution is -2.39. The lowest BCUT2D eigenvalue weighted by molar-refractivity contribution is -0.283. The number of hydrogen-bond donors (Lipinski definition) is 0. The Balaban J connectivity index is 3.16. The number of rotatable bonds is 4. The molecule has 0 aromatic heterocycles. The molecule has 120 valence electrons. The van der Waals surface area contributed by atoms with Crippen LogP contribution >= 0.6 is 31.9 Å². The van der Waals surface area contributed by atoms with E-state index in [4.69, 9.17) is 4.74 Å².